The SMILES string of the molecule is CCCCCCCCCCCCCCCCCCC[C@H](COP(=O)(O)OC[C@@H](OCC#N)[C@@H](O)[C@@H](O)c1ccc2c(N)ncnn12)OCc1cc(F)cc(C#N)c1. The zero-order valence-corrected chi connectivity index (χ0v) is 34.2. The Kier molecular flexibility index (Phi) is 22.9. The zero-order chi connectivity index (χ0) is 41.3. The summed E-state index contributed by atoms with van der Waals surface area (Å²) < 4.78 is 50.2. The molecule has 5 atom stereocenters. The average molecular weight is 817 g/mol. The summed E-state index contributed by atoms with van der Waals surface area (Å²) in [6.45, 7) is 0.605. The van der Waals surface area contributed by atoms with Crippen molar-refractivity contribution in [1.29, 1.82) is 10.5 Å². The summed E-state index contributed by atoms with van der Waals surface area (Å²) in [5.74, 6) is -0.433. The van der Waals surface area contributed by atoms with Crippen LogP contribution in [-0.2, 0) is 29.7 Å². The highest BCUT2D eigenvalue weighted by Crippen LogP contribution is 2.44. The monoisotopic (exact) mass is 816 g/mol. The Hall–Kier alpha value is -3.50. The maximum absolute atomic E-state index is 14.1. The van der Waals surface area contributed by atoms with Crippen LogP contribution < -0.4 is 5.73 Å². The molecule has 0 aliphatic heterocycles. The fourth-order valence-electron chi connectivity index (χ4n) is 6.67. The van der Waals surface area contributed by atoms with Crippen LogP contribution in [-0.4, -0.2) is 67.8 Å². The summed E-state index contributed by atoms with van der Waals surface area (Å²) in [7, 11) is -4.78. The molecule has 16 heteroatoms. The summed E-state index contributed by atoms with van der Waals surface area (Å²) in [5, 5.41) is 44.3. The predicted molar refractivity (Wildman–Crippen MR) is 214 cm³/mol. The van der Waals surface area contributed by atoms with Crippen molar-refractivity contribution in [2.24, 2.45) is 0 Å². The van der Waals surface area contributed by atoms with E-state index in [0.29, 0.717) is 17.5 Å². The molecule has 14 nitrogen and oxygen atoms in total. The molecule has 5 N–H and O–H groups in total. The van der Waals surface area contributed by atoms with Crippen LogP contribution in [0.3, 0.4) is 0 Å². The van der Waals surface area contributed by atoms with Gasteiger partial charge in [-0.25, -0.2) is 18.5 Å². The standard InChI is InChI=1S/C41H62FN6O8P/c1-2-3-4-5-6-7-8-9-10-11-12-13-14-15-16-17-18-19-35(54-28-33-24-32(27-44)25-34(42)26-33)29-55-57(51,52)56-30-38(53-23-22-43)40(50)39(49)36-20-21-37-41(45)46-31-47-48(36)37/h20-21,24-26,31,35,38-40,49-50H,2-19,23,28-30H2,1H3,(H,51,52)(H2,45,46,47)/t35-,38-,39+,40-/m1/s1. The van der Waals surface area contributed by atoms with E-state index < -0.39 is 51.3 Å². The number of nitrogen functional groups attached to an aromatic ring is 1. The van der Waals surface area contributed by atoms with E-state index in [9.17, 15) is 29.3 Å². The molecule has 0 saturated carbocycles. The third-order valence-corrected chi connectivity index (χ3v) is 10.9. The lowest BCUT2D eigenvalue weighted by Crippen LogP contribution is -2.38. The Morgan fingerprint density at radius 1 is 0.860 bits per heavy atom. The largest absolute Gasteiger partial charge is 0.472 e. The van der Waals surface area contributed by atoms with Gasteiger partial charge in [0, 0.05) is 0 Å². The van der Waals surface area contributed by atoms with E-state index in [0.717, 1.165) is 31.7 Å². The van der Waals surface area contributed by atoms with Gasteiger partial charge in [-0.1, -0.05) is 116 Å². The molecule has 3 rings (SSSR count). The van der Waals surface area contributed by atoms with E-state index >= 15 is 0 Å². The van der Waals surface area contributed by atoms with Crippen molar-refractivity contribution < 1.29 is 42.6 Å². The van der Waals surface area contributed by atoms with Crippen LogP contribution in [0.2, 0.25) is 0 Å². The van der Waals surface area contributed by atoms with Crippen molar-refractivity contribution >= 4 is 19.2 Å². The van der Waals surface area contributed by atoms with Gasteiger partial charge in [0.05, 0.1) is 49.3 Å². The molecule has 1 unspecified atom stereocenters. The van der Waals surface area contributed by atoms with Gasteiger partial charge in [-0.2, -0.15) is 15.6 Å². The molecule has 3 aromatic rings. The lowest BCUT2D eigenvalue weighted by Gasteiger charge is -2.27. The number of ether oxygens (including phenoxy) is 2. The van der Waals surface area contributed by atoms with Crippen molar-refractivity contribution in [3.63, 3.8) is 0 Å². The van der Waals surface area contributed by atoms with Crippen molar-refractivity contribution in [2.75, 3.05) is 25.6 Å². The molecular formula is C41H62FN6O8P. The van der Waals surface area contributed by atoms with Crippen LogP contribution in [0.5, 0.6) is 0 Å². The topological polar surface area (TPSA) is 218 Å². The molecule has 0 aliphatic carbocycles. The molecule has 0 radical (unpaired) electrons. The minimum absolute atomic E-state index is 0.0604. The molecule has 0 spiro atoms. The second-order valence-electron chi connectivity index (χ2n) is 14.5. The van der Waals surface area contributed by atoms with Crippen molar-refractivity contribution in [1.82, 2.24) is 14.6 Å². The van der Waals surface area contributed by atoms with Crippen molar-refractivity contribution in [3.8, 4) is 12.1 Å². The lowest BCUT2D eigenvalue weighted by atomic mass is 10.0. The molecule has 0 fully saturated rings. The first kappa shape index (κ1) is 47.9. The Morgan fingerprint density at radius 2 is 1.46 bits per heavy atom. The van der Waals surface area contributed by atoms with E-state index in [1.165, 1.54) is 113 Å². The second kappa shape index (κ2) is 27.2. The van der Waals surface area contributed by atoms with Crippen molar-refractivity contribution in [3.05, 3.63) is 59.3 Å². The lowest BCUT2D eigenvalue weighted by molar-refractivity contribution is -0.103. The summed E-state index contributed by atoms with van der Waals surface area (Å²) >= 11 is 0. The normalized spacial score (nSPS) is 14.8. The molecule has 0 saturated heterocycles. The number of aromatic nitrogens is 3. The van der Waals surface area contributed by atoms with Gasteiger partial charge in [0.25, 0.3) is 0 Å². The number of nitrogens with zero attached hydrogens (tertiary/aromatic N) is 5. The zero-order valence-electron chi connectivity index (χ0n) is 33.4. The molecule has 0 amide bonds. The second-order valence-corrected chi connectivity index (χ2v) is 16.0. The number of nitriles is 2. The quantitative estimate of drug-likeness (QED) is 0.0344. The molecule has 57 heavy (non-hydrogen) atoms. The van der Waals surface area contributed by atoms with E-state index in [-0.39, 0.29) is 30.3 Å². The first-order valence-electron chi connectivity index (χ1n) is 20.4. The van der Waals surface area contributed by atoms with Crippen LogP contribution in [0.4, 0.5) is 10.2 Å². The fourth-order valence-corrected chi connectivity index (χ4v) is 7.44. The highest BCUT2D eigenvalue weighted by atomic mass is 31.2. The van der Waals surface area contributed by atoms with Crippen LogP contribution >= 0.6 is 7.82 Å². The number of rotatable bonds is 32. The van der Waals surface area contributed by atoms with Crippen LogP contribution in [0, 0.1) is 28.5 Å². The first-order valence-corrected chi connectivity index (χ1v) is 21.9. The van der Waals surface area contributed by atoms with E-state index in [1.807, 2.05) is 6.07 Å². The smallest absolute Gasteiger partial charge is 0.387 e. The highest BCUT2D eigenvalue weighted by Gasteiger charge is 2.34. The number of aliphatic hydroxyl groups excluding tert-OH is 2. The molecule has 2 heterocycles. The fraction of sp³-hybridized carbons (Fsp3) is 0.659. The molecule has 0 aliphatic rings. The number of anilines is 1. The van der Waals surface area contributed by atoms with E-state index in [2.05, 4.69) is 17.0 Å². The van der Waals surface area contributed by atoms with Gasteiger partial charge in [-0.3, -0.25) is 9.05 Å². The summed E-state index contributed by atoms with van der Waals surface area (Å²) in [6.07, 6.45) is 17.2. The van der Waals surface area contributed by atoms with Crippen molar-refractivity contribution in [2.45, 2.75) is 154 Å². The number of nitrogens with two attached hydrogens (primary N) is 1. The third-order valence-electron chi connectivity index (χ3n) is 9.91. The summed E-state index contributed by atoms with van der Waals surface area (Å²) in [4.78, 5) is 14.5. The van der Waals surface area contributed by atoms with Crippen LogP contribution in [0.15, 0.2) is 36.7 Å². The maximum atomic E-state index is 14.1. The van der Waals surface area contributed by atoms with Gasteiger partial charge in [-0.15, -0.1) is 0 Å². The van der Waals surface area contributed by atoms with Gasteiger partial charge in [0.2, 0.25) is 0 Å². The first-order chi connectivity index (χ1) is 27.6. The molecule has 316 valence electrons. The van der Waals surface area contributed by atoms with E-state index in [1.54, 1.807) is 12.1 Å². The molecular weight excluding hydrogens is 754 g/mol. The number of benzene rings is 1. The van der Waals surface area contributed by atoms with Gasteiger partial charge in [-0.05, 0) is 42.3 Å². The number of hydrogen-bond acceptors (Lipinski definition) is 12. The van der Waals surface area contributed by atoms with E-state index in [4.69, 9.17) is 29.5 Å². The number of unbranched alkanes of at least 4 members (excludes halogenated alkanes) is 16. The Bertz CT molecular complexity index is 1720. The third kappa shape index (κ3) is 18.3. The minimum Gasteiger partial charge on any atom is -0.387 e. The van der Waals surface area contributed by atoms with Gasteiger partial charge in [0.15, 0.2) is 5.82 Å². The van der Waals surface area contributed by atoms with Gasteiger partial charge in [0.1, 0.15) is 42.6 Å². The van der Waals surface area contributed by atoms with Gasteiger partial charge >= 0.3 is 7.82 Å². The molecule has 0 bridgehead atoms. The predicted octanol–water partition coefficient (Wildman–Crippen LogP) is 8.39. The number of aliphatic hydroxyl groups is 2. The number of phosphoric ester groups is 1. The Labute approximate surface area is 336 Å². The Morgan fingerprint density at radius 3 is 2.05 bits per heavy atom. The number of fused-ring (bicyclic) bond motifs is 1. The summed E-state index contributed by atoms with van der Waals surface area (Å²) in [6, 6.07) is 10.6. The number of halogens is 1. The average Bonchev–Trinajstić information content (AvgIpc) is 3.64. The maximum Gasteiger partial charge on any atom is 0.472 e. The number of phosphoric acid groups is 1. The summed E-state index contributed by atoms with van der Waals surface area (Å²) in [5.41, 5.74) is 6.95. The highest BCUT2D eigenvalue weighted by molar-refractivity contribution is 7.47. The Balaban J connectivity index is 1.46. The van der Waals surface area contributed by atoms with Gasteiger partial charge < -0.3 is 30.3 Å². The number of hydrogen-bond donors (Lipinski definition) is 4. The molecule has 1 aromatic carbocycles. The van der Waals surface area contributed by atoms with Crippen LogP contribution in [0.1, 0.15) is 145 Å². The minimum atomic E-state index is -4.78. The molecule has 2 aromatic heterocycles. The van der Waals surface area contributed by atoms with Crippen LogP contribution in [0.25, 0.3) is 5.52 Å².